The molecule has 2 amide bonds. The minimum absolute atomic E-state index is 0.335. The van der Waals surface area contributed by atoms with E-state index in [2.05, 4.69) is 5.32 Å². The van der Waals surface area contributed by atoms with Crippen LogP contribution in [0.3, 0.4) is 0 Å². The maximum absolute atomic E-state index is 13.0. The fourth-order valence-electron chi connectivity index (χ4n) is 2.50. The number of rotatable bonds is 6. The molecule has 27 heavy (non-hydrogen) atoms. The molecule has 1 N–H and O–H groups in total. The Labute approximate surface area is 159 Å². The van der Waals surface area contributed by atoms with Gasteiger partial charge in [-0.3, -0.25) is 9.59 Å². The van der Waals surface area contributed by atoms with Crippen molar-refractivity contribution in [2.45, 2.75) is 11.9 Å². The van der Waals surface area contributed by atoms with Gasteiger partial charge in [-0.1, -0.05) is 24.3 Å². The van der Waals surface area contributed by atoms with Crippen molar-refractivity contribution in [3.63, 3.8) is 0 Å². The summed E-state index contributed by atoms with van der Waals surface area (Å²) in [6, 6.07) is 11.7. The number of nitrogens with one attached hydrogen (secondary N) is 1. The van der Waals surface area contributed by atoms with Crippen molar-refractivity contribution in [2.24, 2.45) is 0 Å². The quantitative estimate of drug-likeness (QED) is 0.793. The zero-order valence-corrected chi connectivity index (χ0v) is 15.7. The number of halogens is 3. The maximum Gasteiger partial charge on any atom is 0.418 e. The Balaban J connectivity index is 2.06. The standard InChI is InChI=1S/C19H19F3N2O2S/c1-24(18(26)14-7-5-6-13(10-14)12-27-2)11-17(25)23-16-9-4-3-8-15(16)19(20,21)22/h3-10H,11-12H2,1-2H3,(H,23,25). The lowest BCUT2D eigenvalue weighted by Gasteiger charge is -2.18. The first-order chi connectivity index (χ1) is 12.7. The van der Waals surface area contributed by atoms with E-state index in [1.807, 2.05) is 12.3 Å². The number of alkyl halides is 3. The van der Waals surface area contributed by atoms with Crippen molar-refractivity contribution in [2.75, 3.05) is 25.2 Å². The molecule has 0 radical (unpaired) electrons. The number of hydrogen-bond donors (Lipinski definition) is 1. The molecule has 0 saturated heterocycles. The number of amides is 2. The van der Waals surface area contributed by atoms with Crippen LogP contribution in [0.4, 0.5) is 18.9 Å². The summed E-state index contributed by atoms with van der Waals surface area (Å²) in [5.41, 5.74) is 0.132. The van der Waals surface area contributed by atoms with Crippen LogP contribution in [0.1, 0.15) is 21.5 Å². The van der Waals surface area contributed by atoms with Crippen LogP contribution in [-0.2, 0) is 16.7 Å². The number of carbonyl (C=O) groups excluding carboxylic acids is 2. The predicted molar refractivity (Wildman–Crippen MR) is 101 cm³/mol. The first-order valence-corrected chi connectivity index (χ1v) is 9.41. The van der Waals surface area contributed by atoms with E-state index in [9.17, 15) is 22.8 Å². The van der Waals surface area contributed by atoms with Crippen LogP contribution in [-0.4, -0.2) is 36.6 Å². The van der Waals surface area contributed by atoms with Gasteiger partial charge in [0.2, 0.25) is 5.91 Å². The molecule has 0 bridgehead atoms. The summed E-state index contributed by atoms with van der Waals surface area (Å²) in [6.45, 7) is -0.363. The summed E-state index contributed by atoms with van der Waals surface area (Å²) in [6.07, 6.45) is -2.63. The topological polar surface area (TPSA) is 49.4 Å². The largest absolute Gasteiger partial charge is 0.418 e. The van der Waals surface area contributed by atoms with Crippen LogP contribution >= 0.6 is 11.8 Å². The Morgan fingerprint density at radius 3 is 2.48 bits per heavy atom. The van der Waals surface area contributed by atoms with Gasteiger partial charge in [0.1, 0.15) is 0 Å². The average molecular weight is 396 g/mol. The van der Waals surface area contributed by atoms with Crippen LogP contribution in [0.5, 0.6) is 0 Å². The summed E-state index contributed by atoms with van der Waals surface area (Å²) < 4.78 is 39.0. The van der Waals surface area contributed by atoms with E-state index in [1.165, 1.54) is 30.1 Å². The molecule has 8 heteroatoms. The molecule has 2 rings (SSSR count). The molecule has 0 aliphatic carbocycles. The summed E-state index contributed by atoms with van der Waals surface area (Å²) >= 11 is 1.62. The molecular weight excluding hydrogens is 377 g/mol. The molecule has 0 fully saturated rings. The normalized spacial score (nSPS) is 11.1. The van der Waals surface area contributed by atoms with Crippen LogP contribution in [0.2, 0.25) is 0 Å². The van der Waals surface area contributed by atoms with Gasteiger partial charge in [-0.15, -0.1) is 0 Å². The Morgan fingerprint density at radius 2 is 1.81 bits per heavy atom. The average Bonchev–Trinajstić information content (AvgIpc) is 2.61. The lowest BCUT2D eigenvalue weighted by Crippen LogP contribution is -2.35. The van der Waals surface area contributed by atoms with Crippen LogP contribution < -0.4 is 5.32 Å². The molecule has 0 aromatic heterocycles. The zero-order chi connectivity index (χ0) is 20.0. The molecule has 144 valence electrons. The van der Waals surface area contributed by atoms with Gasteiger partial charge in [0.25, 0.3) is 5.91 Å². The molecule has 4 nitrogen and oxygen atoms in total. The van der Waals surface area contributed by atoms with Crippen molar-refractivity contribution >= 4 is 29.3 Å². The van der Waals surface area contributed by atoms with E-state index in [0.29, 0.717) is 5.56 Å². The Bertz CT molecular complexity index is 825. The van der Waals surface area contributed by atoms with Gasteiger partial charge >= 0.3 is 6.18 Å². The van der Waals surface area contributed by atoms with E-state index < -0.39 is 17.6 Å². The van der Waals surface area contributed by atoms with Crippen molar-refractivity contribution in [3.8, 4) is 0 Å². The van der Waals surface area contributed by atoms with E-state index in [-0.39, 0.29) is 18.1 Å². The minimum atomic E-state index is -4.58. The fraction of sp³-hybridized carbons (Fsp3) is 0.263. The van der Waals surface area contributed by atoms with Gasteiger partial charge in [0.05, 0.1) is 17.8 Å². The highest BCUT2D eigenvalue weighted by Crippen LogP contribution is 2.34. The molecule has 0 unspecified atom stereocenters. The number of para-hydroxylation sites is 1. The van der Waals surface area contributed by atoms with Gasteiger partial charge in [-0.25, -0.2) is 0 Å². The Morgan fingerprint density at radius 1 is 1.11 bits per heavy atom. The summed E-state index contributed by atoms with van der Waals surface area (Å²) in [5.74, 6) is -0.334. The monoisotopic (exact) mass is 396 g/mol. The number of carbonyl (C=O) groups is 2. The molecule has 2 aromatic carbocycles. The van der Waals surface area contributed by atoms with Crippen molar-refractivity contribution in [3.05, 3.63) is 65.2 Å². The van der Waals surface area contributed by atoms with E-state index in [0.717, 1.165) is 17.4 Å². The SMILES string of the molecule is CSCc1cccc(C(=O)N(C)CC(=O)Nc2ccccc2C(F)(F)F)c1. The number of nitrogens with zero attached hydrogens (tertiary/aromatic N) is 1. The third kappa shape index (κ3) is 5.75. The molecular formula is C19H19F3N2O2S. The third-order valence-corrected chi connectivity index (χ3v) is 4.34. The predicted octanol–water partition coefficient (Wildman–Crippen LogP) is 4.28. The van der Waals surface area contributed by atoms with E-state index in [1.54, 1.807) is 30.0 Å². The summed E-state index contributed by atoms with van der Waals surface area (Å²) in [5, 5.41) is 2.23. The second kappa shape index (κ2) is 8.94. The van der Waals surface area contributed by atoms with Crippen LogP contribution in [0.25, 0.3) is 0 Å². The smallest absolute Gasteiger partial charge is 0.332 e. The second-order valence-electron chi connectivity index (χ2n) is 5.89. The van der Waals surface area contributed by atoms with Crippen LogP contribution in [0.15, 0.2) is 48.5 Å². The molecule has 0 heterocycles. The highest BCUT2D eigenvalue weighted by molar-refractivity contribution is 7.97. The number of benzene rings is 2. The van der Waals surface area contributed by atoms with Gasteiger partial charge in [-0.2, -0.15) is 24.9 Å². The van der Waals surface area contributed by atoms with Crippen molar-refractivity contribution in [1.82, 2.24) is 4.90 Å². The lowest BCUT2D eigenvalue weighted by molar-refractivity contribution is -0.137. The van der Waals surface area contributed by atoms with Crippen LogP contribution in [0, 0.1) is 0 Å². The maximum atomic E-state index is 13.0. The van der Waals surface area contributed by atoms with Gasteiger partial charge in [0.15, 0.2) is 0 Å². The molecule has 0 aliphatic heterocycles. The number of hydrogen-bond acceptors (Lipinski definition) is 3. The molecule has 0 saturated carbocycles. The highest BCUT2D eigenvalue weighted by Gasteiger charge is 2.33. The van der Waals surface area contributed by atoms with Crippen molar-refractivity contribution in [1.29, 1.82) is 0 Å². The Hall–Kier alpha value is -2.48. The van der Waals surface area contributed by atoms with Gasteiger partial charge in [0, 0.05) is 18.4 Å². The first kappa shape index (κ1) is 20.8. The second-order valence-corrected chi connectivity index (χ2v) is 6.75. The fourth-order valence-corrected chi connectivity index (χ4v) is 3.01. The van der Waals surface area contributed by atoms with Crippen molar-refractivity contribution < 1.29 is 22.8 Å². The number of likely N-dealkylation sites (N-methyl/N-ethyl adjacent to an activating group) is 1. The Kier molecular flexibility index (Phi) is 6.90. The van der Waals surface area contributed by atoms with E-state index in [4.69, 9.17) is 0 Å². The van der Waals surface area contributed by atoms with Gasteiger partial charge in [-0.05, 0) is 36.1 Å². The molecule has 0 spiro atoms. The van der Waals surface area contributed by atoms with Gasteiger partial charge < -0.3 is 10.2 Å². The number of thioether (sulfide) groups is 1. The molecule has 0 atom stereocenters. The first-order valence-electron chi connectivity index (χ1n) is 8.01. The highest BCUT2D eigenvalue weighted by atomic mass is 32.2. The number of anilines is 1. The zero-order valence-electron chi connectivity index (χ0n) is 14.8. The third-order valence-electron chi connectivity index (χ3n) is 3.72. The summed E-state index contributed by atoms with van der Waals surface area (Å²) in [4.78, 5) is 25.8. The summed E-state index contributed by atoms with van der Waals surface area (Å²) in [7, 11) is 1.43. The van der Waals surface area contributed by atoms with E-state index >= 15 is 0 Å². The molecule has 0 aliphatic rings. The minimum Gasteiger partial charge on any atom is -0.332 e. The molecule has 2 aromatic rings. The lowest BCUT2D eigenvalue weighted by atomic mass is 10.1.